The van der Waals surface area contributed by atoms with Gasteiger partial charge in [0.05, 0.1) is 11.1 Å². The first-order chi connectivity index (χ1) is 13.6. The standard InChI is InChI=1S/C22H15FN2O3/c23-19-13-7-4-8-15(19)14-28-22(27)20-17-11-5-6-12-18(17)21(26)25(24-20)16-9-2-1-3-10-16/h1-13H,14H2. The van der Waals surface area contributed by atoms with Crippen LogP contribution in [0, 0.1) is 5.82 Å². The lowest BCUT2D eigenvalue weighted by atomic mass is 10.1. The fourth-order valence-corrected chi connectivity index (χ4v) is 2.91. The van der Waals surface area contributed by atoms with E-state index in [9.17, 15) is 14.0 Å². The maximum Gasteiger partial charge on any atom is 0.359 e. The molecule has 28 heavy (non-hydrogen) atoms. The zero-order valence-electron chi connectivity index (χ0n) is 14.7. The Balaban J connectivity index is 1.77. The highest BCUT2D eigenvalue weighted by atomic mass is 19.1. The SMILES string of the molecule is O=C(OCc1ccccc1F)c1nn(-c2ccccc2)c(=O)c2ccccc12. The Bertz CT molecular complexity index is 1220. The van der Waals surface area contributed by atoms with Crippen molar-refractivity contribution in [3.8, 4) is 5.69 Å². The van der Waals surface area contributed by atoms with Crippen LogP contribution in [0.1, 0.15) is 16.1 Å². The number of fused-ring (bicyclic) bond motifs is 1. The summed E-state index contributed by atoms with van der Waals surface area (Å²) >= 11 is 0. The predicted molar refractivity (Wildman–Crippen MR) is 103 cm³/mol. The van der Waals surface area contributed by atoms with Crippen LogP contribution in [0.25, 0.3) is 16.5 Å². The average molecular weight is 374 g/mol. The molecule has 0 bridgehead atoms. The first-order valence-corrected chi connectivity index (χ1v) is 8.63. The van der Waals surface area contributed by atoms with Gasteiger partial charge in [-0.05, 0) is 24.3 Å². The number of hydrogen-bond donors (Lipinski definition) is 0. The number of hydrogen-bond acceptors (Lipinski definition) is 4. The van der Waals surface area contributed by atoms with E-state index in [0.29, 0.717) is 16.5 Å². The van der Waals surface area contributed by atoms with Gasteiger partial charge in [-0.15, -0.1) is 0 Å². The number of esters is 1. The third-order valence-electron chi connectivity index (χ3n) is 4.32. The van der Waals surface area contributed by atoms with Crippen LogP contribution in [0.2, 0.25) is 0 Å². The molecule has 0 aliphatic carbocycles. The Labute approximate surface area is 159 Å². The molecule has 0 aliphatic heterocycles. The minimum atomic E-state index is -0.732. The van der Waals surface area contributed by atoms with Crippen molar-refractivity contribution in [2.75, 3.05) is 0 Å². The molecule has 0 saturated heterocycles. The molecule has 0 radical (unpaired) electrons. The van der Waals surface area contributed by atoms with E-state index in [4.69, 9.17) is 4.74 Å². The van der Waals surface area contributed by atoms with E-state index in [-0.39, 0.29) is 23.4 Å². The van der Waals surface area contributed by atoms with Crippen LogP contribution in [-0.4, -0.2) is 15.7 Å². The number of halogens is 1. The minimum absolute atomic E-state index is 0.00427. The molecule has 6 heteroatoms. The number of nitrogens with zero attached hydrogens (tertiary/aromatic N) is 2. The normalized spacial score (nSPS) is 10.8. The number of rotatable bonds is 4. The van der Waals surface area contributed by atoms with E-state index >= 15 is 0 Å². The van der Waals surface area contributed by atoms with Crippen LogP contribution in [0.15, 0.2) is 83.7 Å². The zero-order chi connectivity index (χ0) is 19.5. The van der Waals surface area contributed by atoms with Crippen molar-refractivity contribution in [3.05, 3.63) is 106 Å². The molecule has 138 valence electrons. The molecule has 0 aliphatic rings. The summed E-state index contributed by atoms with van der Waals surface area (Å²) < 4.78 is 20.2. The highest BCUT2D eigenvalue weighted by Gasteiger charge is 2.19. The van der Waals surface area contributed by atoms with Gasteiger partial charge in [0.15, 0.2) is 5.69 Å². The van der Waals surface area contributed by atoms with Crippen molar-refractivity contribution in [1.82, 2.24) is 9.78 Å². The minimum Gasteiger partial charge on any atom is -0.456 e. The quantitative estimate of drug-likeness (QED) is 0.509. The molecule has 0 saturated carbocycles. The number of ether oxygens (including phenoxy) is 1. The van der Waals surface area contributed by atoms with E-state index in [0.717, 1.165) is 0 Å². The van der Waals surface area contributed by atoms with Gasteiger partial charge >= 0.3 is 5.97 Å². The number of benzene rings is 3. The first kappa shape index (κ1) is 17.6. The van der Waals surface area contributed by atoms with Gasteiger partial charge in [-0.1, -0.05) is 54.6 Å². The van der Waals surface area contributed by atoms with Crippen LogP contribution in [0.5, 0.6) is 0 Å². The molecule has 0 N–H and O–H groups in total. The van der Waals surface area contributed by atoms with Crippen molar-refractivity contribution >= 4 is 16.7 Å². The van der Waals surface area contributed by atoms with Crippen molar-refractivity contribution in [2.24, 2.45) is 0 Å². The fraction of sp³-hybridized carbons (Fsp3) is 0.0455. The third kappa shape index (κ3) is 3.27. The van der Waals surface area contributed by atoms with Crippen LogP contribution < -0.4 is 5.56 Å². The molecule has 0 fully saturated rings. The number of carbonyl (C=O) groups excluding carboxylic acids is 1. The van der Waals surface area contributed by atoms with Crippen LogP contribution in [-0.2, 0) is 11.3 Å². The molecule has 5 nitrogen and oxygen atoms in total. The molecular formula is C22H15FN2O3. The molecule has 3 aromatic carbocycles. The maximum atomic E-state index is 13.8. The molecule has 1 heterocycles. The molecule has 4 rings (SSSR count). The lowest BCUT2D eigenvalue weighted by Crippen LogP contribution is -2.25. The van der Waals surface area contributed by atoms with E-state index in [1.165, 1.54) is 10.7 Å². The van der Waals surface area contributed by atoms with E-state index in [2.05, 4.69) is 5.10 Å². The lowest BCUT2D eigenvalue weighted by Gasteiger charge is -2.11. The Morgan fingerprint density at radius 1 is 0.893 bits per heavy atom. The van der Waals surface area contributed by atoms with Gasteiger partial charge in [-0.2, -0.15) is 9.78 Å². The Morgan fingerprint density at radius 2 is 1.54 bits per heavy atom. The fourth-order valence-electron chi connectivity index (χ4n) is 2.91. The van der Waals surface area contributed by atoms with E-state index in [1.54, 1.807) is 66.7 Å². The van der Waals surface area contributed by atoms with Gasteiger partial charge in [0.1, 0.15) is 12.4 Å². The van der Waals surface area contributed by atoms with Gasteiger partial charge in [0.25, 0.3) is 5.56 Å². The number of para-hydroxylation sites is 1. The Hall–Kier alpha value is -3.80. The Kier molecular flexibility index (Phi) is 4.68. The van der Waals surface area contributed by atoms with Gasteiger partial charge < -0.3 is 4.74 Å². The largest absolute Gasteiger partial charge is 0.456 e. The molecule has 1 aromatic heterocycles. The van der Waals surface area contributed by atoms with Gasteiger partial charge in [-0.25, -0.2) is 9.18 Å². The second kappa shape index (κ2) is 7.44. The van der Waals surface area contributed by atoms with Gasteiger partial charge in [-0.3, -0.25) is 4.79 Å². The molecular weight excluding hydrogens is 359 g/mol. The monoisotopic (exact) mass is 374 g/mol. The van der Waals surface area contributed by atoms with E-state index < -0.39 is 11.8 Å². The van der Waals surface area contributed by atoms with Crippen LogP contribution in [0.4, 0.5) is 4.39 Å². The second-order valence-electron chi connectivity index (χ2n) is 6.11. The average Bonchev–Trinajstić information content (AvgIpc) is 2.74. The van der Waals surface area contributed by atoms with Gasteiger partial charge in [0, 0.05) is 10.9 Å². The molecule has 0 spiro atoms. The van der Waals surface area contributed by atoms with Crippen molar-refractivity contribution in [2.45, 2.75) is 6.61 Å². The topological polar surface area (TPSA) is 61.2 Å². The third-order valence-corrected chi connectivity index (χ3v) is 4.32. The first-order valence-electron chi connectivity index (χ1n) is 8.63. The summed E-state index contributed by atoms with van der Waals surface area (Å²) in [5.74, 6) is -1.19. The van der Waals surface area contributed by atoms with E-state index in [1.807, 2.05) is 6.07 Å². The summed E-state index contributed by atoms with van der Waals surface area (Å²) in [5.41, 5.74) is 0.445. The number of aromatic nitrogens is 2. The van der Waals surface area contributed by atoms with Crippen LogP contribution in [0.3, 0.4) is 0 Å². The summed E-state index contributed by atoms with van der Waals surface area (Å²) in [5, 5.41) is 4.97. The second-order valence-corrected chi connectivity index (χ2v) is 6.11. The van der Waals surface area contributed by atoms with Crippen molar-refractivity contribution in [3.63, 3.8) is 0 Å². The molecule has 4 aromatic rings. The predicted octanol–water partition coefficient (Wildman–Crippen LogP) is 3.88. The molecule has 0 amide bonds. The summed E-state index contributed by atoms with van der Waals surface area (Å²) in [6, 6.07) is 21.6. The van der Waals surface area contributed by atoms with Crippen molar-refractivity contribution < 1.29 is 13.9 Å². The molecule has 0 unspecified atom stereocenters. The maximum absolute atomic E-state index is 13.8. The summed E-state index contributed by atoms with van der Waals surface area (Å²) in [7, 11) is 0. The summed E-state index contributed by atoms with van der Waals surface area (Å²) in [6.07, 6.45) is 0. The highest BCUT2D eigenvalue weighted by molar-refractivity contribution is 6.02. The zero-order valence-corrected chi connectivity index (χ0v) is 14.7. The highest BCUT2D eigenvalue weighted by Crippen LogP contribution is 2.17. The smallest absolute Gasteiger partial charge is 0.359 e. The lowest BCUT2D eigenvalue weighted by molar-refractivity contribution is 0.0462. The molecule has 0 atom stereocenters. The van der Waals surface area contributed by atoms with Crippen molar-refractivity contribution in [1.29, 1.82) is 0 Å². The Morgan fingerprint density at radius 3 is 2.29 bits per heavy atom. The summed E-state index contributed by atoms with van der Waals surface area (Å²) in [4.78, 5) is 25.5. The van der Waals surface area contributed by atoms with Crippen LogP contribution >= 0.6 is 0 Å². The van der Waals surface area contributed by atoms with Gasteiger partial charge in [0.2, 0.25) is 0 Å². The summed E-state index contributed by atoms with van der Waals surface area (Å²) in [6.45, 7) is -0.230. The number of carbonyl (C=O) groups is 1.